The van der Waals surface area contributed by atoms with E-state index in [0.717, 1.165) is 5.56 Å². The lowest BCUT2D eigenvalue weighted by atomic mass is 10.2. The van der Waals surface area contributed by atoms with E-state index in [9.17, 15) is 4.79 Å². The zero-order valence-corrected chi connectivity index (χ0v) is 15.5. The van der Waals surface area contributed by atoms with Crippen LogP contribution in [-0.4, -0.2) is 37.0 Å². The average molecular weight is 373 g/mol. The number of nitrogens with zero attached hydrogens (tertiary/aromatic N) is 2. The fourth-order valence-electron chi connectivity index (χ4n) is 2.57. The standard InChI is InChI=1S/C18H19N3O4S/c1-23-15-6-4-5-12(17(15)25-3)8-21-9-13(7-19-21)20-18(22)14-10-26-11-16(14)24-2/h4-7,9-11H,8H2,1-3H3,(H,20,22). The van der Waals surface area contributed by atoms with Gasteiger partial charge >= 0.3 is 0 Å². The maximum absolute atomic E-state index is 12.3. The minimum Gasteiger partial charge on any atom is -0.495 e. The van der Waals surface area contributed by atoms with Crippen molar-refractivity contribution in [3.8, 4) is 17.2 Å². The first-order chi connectivity index (χ1) is 12.7. The first-order valence-electron chi connectivity index (χ1n) is 7.80. The smallest absolute Gasteiger partial charge is 0.260 e. The van der Waals surface area contributed by atoms with Crippen LogP contribution < -0.4 is 19.5 Å². The lowest BCUT2D eigenvalue weighted by Crippen LogP contribution is -2.11. The predicted molar refractivity (Wildman–Crippen MR) is 99.7 cm³/mol. The number of hydrogen-bond donors (Lipinski definition) is 1. The maximum atomic E-state index is 12.3. The average Bonchev–Trinajstić information content (AvgIpc) is 3.30. The molecular formula is C18H19N3O4S. The Bertz CT molecular complexity index is 903. The zero-order chi connectivity index (χ0) is 18.5. The molecule has 8 heteroatoms. The third kappa shape index (κ3) is 3.65. The Kier molecular flexibility index (Phi) is 5.43. The van der Waals surface area contributed by atoms with Crippen molar-refractivity contribution in [3.05, 3.63) is 52.5 Å². The first kappa shape index (κ1) is 17.8. The zero-order valence-electron chi connectivity index (χ0n) is 14.7. The van der Waals surface area contributed by atoms with Crippen molar-refractivity contribution in [1.82, 2.24) is 9.78 Å². The van der Waals surface area contributed by atoms with Crippen LogP contribution in [-0.2, 0) is 6.54 Å². The molecular weight excluding hydrogens is 354 g/mol. The molecule has 1 N–H and O–H groups in total. The van der Waals surface area contributed by atoms with Crippen molar-refractivity contribution >= 4 is 22.9 Å². The van der Waals surface area contributed by atoms with E-state index >= 15 is 0 Å². The number of methoxy groups -OCH3 is 3. The van der Waals surface area contributed by atoms with Gasteiger partial charge in [0.25, 0.3) is 5.91 Å². The highest BCUT2D eigenvalue weighted by molar-refractivity contribution is 7.08. The molecule has 0 saturated heterocycles. The summed E-state index contributed by atoms with van der Waals surface area (Å²) in [6.45, 7) is 0.484. The molecule has 7 nitrogen and oxygen atoms in total. The van der Waals surface area contributed by atoms with Gasteiger partial charge in [0.05, 0.1) is 45.3 Å². The predicted octanol–water partition coefficient (Wildman–Crippen LogP) is 3.27. The van der Waals surface area contributed by atoms with Gasteiger partial charge in [0.1, 0.15) is 5.75 Å². The van der Waals surface area contributed by atoms with Gasteiger partial charge in [-0.2, -0.15) is 5.10 Å². The van der Waals surface area contributed by atoms with Crippen LogP contribution in [0.5, 0.6) is 17.2 Å². The van der Waals surface area contributed by atoms with Crippen molar-refractivity contribution in [2.24, 2.45) is 0 Å². The summed E-state index contributed by atoms with van der Waals surface area (Å²) >= 11 is 1.41. The van der Waals surface area contributed by atoms with Gasteiger partial charge in [-0.15, -0.1) is 11.3 Å². The van der Waals surface area contributed by atoms with Gasteiger partial charge in [-0.3, -0.25) is 9.48 Å². The second-order valence-electron chi connectivity index (χ2n) is 5.39. The molecule has 26 heavy (non-hydrogen) atoms. The number of amides is 1. The number of thiophene rings is 1. The Balaban J connectivity index is 1.74. The highest BCUT2D eigenvalue weighted by Crippen LogP contribution is 2.31. The van der Waals surface area contributed by atoms with Crippen LogP contribution in [0.1, 0.15) is 15.9 Å². The molecule has 3 rings (SSSR count). The molecule has 2 heterocycles. The first-order valence-corrected chi connectivity index (χ1v) is 8.74. The van der Waals surface area contributed by atoms with Crippen molar-refractivity contribution in [2.75, 3.05) is 26.6 Å². The van der Waals surface area contributed by atoms with E-state index < -0.39 is 0 Å². The van der Waals surface area contributed by atoms with E-state index in [1.165, 1.54) is 11.3 Å². The summed E-state index contributed by atoms with van der Waals surface area (Å²) in [5.74, 6) is 1.65. The summed E-state index contributed by atoms with van der Waals surface area (Å²) in [4.78, 5) is 12.3. The number of carbonyl (C=O) groups is 1. The monoisotopic (exact) mass is 373 g/mol. The largest absolute Gasteiger partial charge is 0.495 e. The summed E-state index contributed by atoms with van der Waals surface area (Å²) in [6.07, 6.45) is 3.36. The molecule has 0 aliphatic heterocycles. The van der Waals surface area contributed by atoms with E-state index in [4.69, 9.17) is 14.2 Å². The van der Waals surface area contributed by atoms with Crippen molar-refractivity contribution < 1.29 is 19.0 Å². The van der Waals surface area contributed by atoms with E-state index in [1.807, 2.05) is 18.2 Å². The van der Waals surface area contributed by atoms with Crippen LogP contribution >= 0.6 is 11.3 Å². The fourth-order valence-corrected chi connectivity index (χ4v) is 3.35. The lowest BCUT2D eigenvalue weighted by Gasteiger charge is -2.12. The quantitative estimate of drug-likeness (QED) is 0.688. The van der Waals surface area contributed by atoms with Crippen LogP contribution in [0.15, 0.2) is 41.4 Å². The van der Waals surface area contributed by atoms with Crippen LogP contribution in [0.2, 0.25) is 0 Å². The number of para-hydroxylation sites is 1. The highest BCUT2D eigenvalue weighted by atomic mass is 32.1. The molecule has 0 radical (unpaired) electrons. The molecule has 1 aromatic carbocycles. The van der Waals surface area contributed by atoms with Gasteiger partial charge in [-0.05, 0) is 6.07 Å². The second-order valence-corrected chi connectivity index (χ2v) is 6.13. The number of aromatic nitrogens is 2. The van der Waals surface area contributed by atoms with E-state index in [2.05, 4.69) is 10.4 Å². The number of nitrogens with one attached hydrogen (secondary N) is 1. The van der Waals surface area contributed by atoms with Gasteiger partial charge in [0.2, 0.25) is 0 Å². The number of ether oxygens (including phenoxy) is 3. The third-order valence-corrected chi connectivity index (χ3v) is 4.52. The summed E-state index contributed by atoms with van der Waals surface area (Å²) < 4.78 is 17.6. The molecule has 0 atom stereocenters. The number of rotatable bonds is 7. The van der Waals surface area contributed by atoms with Crippen LogP contribution in [0, 0.1) is 0 Å². The Morgan fingerprint density at radius 2 is 1.96 bits per heavy atom. The second kappa shape index (κ2) is 7.92. The molecule has 0 bridgehead atoms. The fraction of sp³-hybridized carbons (Fsp3) is 0.222. The van der Waals surface area contributed by atoms with Gasteiger partial charge < -0.3 is 19.5 Å². The molecule has 0 spiro atoms. The summed E-state index contributed by atoms with van der Waals surface area (Å²) in [5.41, 5.74) is 2.03. The topological polar surface area (TPSA) is 74.6 Å². The Morgan fingerprint density at radius 1 is 1.15 bits per heavy atom. The van der Waals surface area contributed by atoms with Gasteiger partial charge in [0.15, 0.2) is 11.5 Å². The SMILES string of the molecule is COc1cscc1C(=O)Nc1cnn(Cc2cccc(OC)c2OC)c1. The minimum absolute atomic E-state index is 0.235. The van der Waals surface area contributed by atoms with E-state index in [-0.39, 0.29) is 5.91 Å². The molecule has 0 saturated carbocycles. The summed E-state index contributed by atoms with van der Waals surface area (Å²) in [7, 11) is 4.74. The maximum Gasteiger partial charge on any atom is 0.260 e. The molecule has 0 fully saturated rings. The molecule has 0 unspecified atom stereocenters. The van der Waals surface area contributed by atoms with Crippen molar-refractivity contribution in [3.63, 3.8) is 0 Å². The molecule has 2 aromatic heterocycles. The molecule has 0 aliphatic carbocycles. The molecule has 136 valence electrons. The van der Waals surface area contributed by atoms with Crippen molar-refractivity contribution in [2.45, 2.75) is 6.54 Å². The highest BCUT2D eigenvalue weighted by Gasteiger charge is 2.15. The number of carbonyl (C=O) groups excluding carboxylic acids is 1. The minimum atomic E-state index is -0.235. The van der Waals surface area contributed by atoms with Crippen LogP contribution in [0.25, 0.3) is 0 Å². The Labute approximate surface area is 155 Å². The van der Waals surface area contributed by atoms with E-state index in [1.54, 1.807) is 49.2 Å². The Morgan fingerprint density at radius 3 is 2.69 bits per heavy atom. The summed E-state index contributed by atoms with van der Waals surface area (Å²) in [5, 5.41) is 10.7. The number of anilines is 1. The molecule has 1 amide bonds. The Hall–Kier alpha value is -3.00. The molecule has 0 aliphatic rings. The third-order valence-electron chi connectivity index (χ3n) is 3.80. The van der Waals surface area contributed by atoms with Gasteiger partial charge in [0, 0.05) is 22.5 Å². The van der Waals surface area contributed by atoms with E-state index in [0.29, 0.717) is 35.0 Å². The number of benzene rings is 1. The normalized spacial score (nSPS) is 10.4. The van der Waals surface area contributed by atoms with Crippen LogP contribution in [0.4, 0.5) is 5.69 Å². The summed E-state index contributed by atoms with van der Waals surface area (Å²) in [6, 6.07) is 5.68. The van der Waals surface area contributed by atoms with Crippen molar-refractivity contribution in [1.29, 1.82) is 0 Å². The van der Waals surface area contributed by atoms with Gasteiger partial charge in [-0.25, -0.2) is 0 Å². The number of hydrogen-bond acceptors (Lipinski definition) is 6. The molecule has 3 aromatic rings. The van der Waals surface area contributed by atoms with Crippen LogP contribution in [0.3, 0.4) is 0 Å². The lowest BCUT2D eigenvalue weighted by molar-refractivity contribution is 0.102. The van der Waals surface area contributed by atoms with Gasteiger partial charge in [-0.1, -0.05) is 12.1 Å².